The van der Waals surface area contributed by atoms with Crippen LogP contribution in [0.3, 0.4) is 0 Å². The van der Waals surface area contributed by atoms with E-state index in [0.29, 0.717) is 6.61 Å². The first kappa shape index (κ1) is 19.4. The van der Waals surface area contributed by atoms with E-state index in [1.54, 1.807) is 11.8 Å². The number of benzene rings is 1. The van der Waals surface area contributed by atoms with Crippen molar-refractivity contribution in [1.29, 1.82) is 0 Å². The molecular weight excluding hydrogens is 348 g/mol. The molecular formula is C20H32O3SSi. The molecule has 25 heavy (non-hydrogen) atoms. The van der Waals surface area contributed by atoms with Gasteiger partial charge in [-0.05, 0) is 19.1 Å². The third kappa shape index (κ3) is 3.72. The fraction of sp³-hybridized carbons (Fsp3) is 0.700. The molecule has 0 saturated carbocycles. The highest BCUT2D eigenvalue weighted by Gasteiger charge is 2.63. The number of rotatable bonds is 2. The largest absolute Gasteiger partial charge is 0.391 e. The number of fused-ring (bicyclic) bond motifs is 1. The molecule has 2 saturated heterocycles. The van der Waals surface area contributed by atoms with Crippen molar-refractivity contribution in [2.24, 2.45) is 0 Å². The Kier molecular flexibility index (Phi) is 5.19. The summed E-state index contributed by atoms with van der Waals surface area (Å²) in [6.07, 6.45) is 1.16. The van der Waals surface area contributed by atoms with Gasteiger partial charge >= 0.3 is 8.56 Å². The summed E-state index contributed by atoms with van der Waals surface area (Å²) in [6.45, 7) is 16.4. The van der Waals surface area contributed by atoms with E-state index in [-0.39, 0.29) is 27.7 Å². The Morgan fingerprint density at radius 3 is 2.12 bits per heavy atom. The van der Waals surface area contributed by atoms with Crippen LogP contribution in [0.5, 0.6) is 0 Å². The molecule has 3 nitrogen and oxygen atoms in total. The van der Waals surface area contributed by atoms with E-state index < -0.39 is 8.56 Å². The summed E-state index contributed by atoms with van der Waals surface area (Å²) in [7, 11) is -2.39. The lowest BCUT2D eigenvalue weighted by Gasteiger charge is -2.53. The molecule has 2 aliphatic rings. The minimum Gasteiger partial charge on any atom is -0.391 e. The molecule has 0 amide bonds. The molecule has 1 aromatic carbocycles. The van der Waals surface area contributed by atoms with Crippen LogP contribution in [0.2, 0.25) is 10.1 Å². The molecule has 0 radical (unpaired) electrons. The Labute approximate surface area is 158 Å². The minimum atomic E-state index is -2.39. The van der Waals surface area contributed by atoms with Gasteiger partial charge < -0.3 is 13.6 Å². The van der Waals surface area contributed by atoms with Gasteiger partial charge in [0, 0.05) is 21.4 Å². The van der Waals surface area contributed by atoms with Crippen molar-refractivity contribution >= 4 is 20.3 Å². The molecule has 2 heterocycles. The van der Waals surface area contributed by atoms with Crippen LogP contribution in [0.25, 0.3) is 0 Å². The average Bonchev–Trinajstić information content (AvgIpc) is 2.88. The Hall–Kier alpha value is -0.333. The molecule has 5 heteroatoms. The predicted molar refractivity (Wildman–Crippen MR) is 106 cm³/mol. The number of aryl methyl sites for hydroxylation is 1. The summed E-state index contributed by atoms with van der Waals surface area (Å²) in [5, 5.41) is 0.0524. The maximum absolute atomic E-state index is 6.79. The van der Waals surface area contributed by atoms with Gasteiger partial charge in [0.15, 0.2) is 0 Å². The molecule has 3 rings (SSSR count). The highest BCUT2D eigenvalue weighted by molar-refractivity contribution is 7.99. The maximum atomic E-state index is 6.79. The molecule has 0 bridgehead atoms. The third-order valence-electron chi connectivity index (χ3n) is 5.20. The van der Waals surface area contributed by atoms with E-state index >= 15 is 0 Å². The van der Waals surface area contributed by atoms with Crippen molar-refractivity contribution in [3.63, 3.8) is 0 Å². The van der Waals surface area contributed by atoms with Crippen molar-refractivity contribution in [2.75, 3.05) is 6.61 Å². The first-order chi connectivity index (χ1) is 11.5. The van der Waals surface area contributed by atoms with Crippen molar-refractivity contribution in [1.82, 2.24) is 0 Å². The zero-order valence-electron chi connectivity index (χ0n) is 16.6. The van der Waals surface area contributed by atoms with E-state index in [4.69, 9.17) is 13.6 Å². The van der Waals surface area contributed by atoms with Gasteiger partial charge in [0.25, 0.3) is 0 Å². The van der Waals surface area contributed by atoms with Crippen LogP contribution >= 0.6 is 11.8 Å². The molecule has 2 aliphatic heterocycles. The molecule has 0 spiro atoms. The molecule has 3 atom stereocenters. The molecule has 0 aromatic heterocycles. The van der Waals surface area contributed by atoms with Crippen LogP contribution < -0.4 is 0 Å². The van der Waals surface area contributed by atoms with E-state index in [2.05, 4.69) is 72.7 Å². The van der Waals surface area contributed by atoms with Crippen LogP contribution in [0, 0.1) is 6.92 Å². The van der Waals surface area contributed by atoms with E-state index in [1.165, 1.54) is 10.5 Å². The number of ether oxygens (including phenoxy) is 1. The summed E-state index contributed by atoms with van der Waals surface area (Å²) >= 11 is 1.80. The Morgan fingerprint density at radius 1 is 0.960 bits per heavy atom. The first-order valence-electron chi connectivity index (χ1n) is 9.22. The van der Waals surface area contributed by atoms with Gasteiger partial charge in [-0.15, -0.1) is 0 Å². The van der Waals surface area contributed by atoms with Gasteiger partial charge in [-0.25, -0.2) is 0 Å². The quantitative estimate of drug-likeness (QED) is 0.619. The fourth-order valence-electron chi connectivity index (χ4n) is 4.15. The van der Waals surface area contributed by atoms with Gasteiger partial charge in [0.05, 0.1) is 12.7 Å². The SMILES string of the molecule is Cc1ccc(S[C@H]2C[C@@H]3O[Si](C(C)(C)C)(C(C)(C)C)OC[C@H]3O2)cc1. The second-order valence-electron chi connectivity index (χ2n) is 9.35. The van der Waals surface area contributed by atoms with Gasteiger partial charge in [0.2, 0.25) is 0 Å². The summed E-state index contributed by atoms with van der Waals surface area (Å²) in [5.41, 5.74) is 1.43. The summed E-state index contributed by atoms with van der Waals surface area (Å²) in [6, 6.07) is 8.65. The summed E-state index contributed by atoms with van der Waals surface area (Å²) in [4.78, 5) is 1.25. The molecule has 1 aromatic rings. The molecule has 2 fully saturated rings. The van der Waals surface area contributed by atoms with Crippen molar-refractivity contribution < 1.29 is 13.6 Å². The van der Waals surface area contributed by atoms with Crippen LogP contribution in [-0.4, -0.2) is 32.8 Å². The van der Waals surface area contributed by atoms with Gasteiger partial charge in [0.1, 0.15) is 11.5 Å². The third-order valence-corrected chi connectivity index (χ3v) is 11.5. The van der Waals surface area contributed by atoms with Gasteiger partial charge in [-0.1, -0.05) is 71.0 Å². The maximum Gasteiger partial charge on any atom is 0.349 e. The van der Waals surface area contributed by atoms with Crippen LogP contribution in [0.1, 0.15) is 53.5 Å². The zero-order valence-corrected chi connectivity index (χ0v) is 18.4. The highest BCUT2D eigenvalue weighted by atomic mass is 32.2. The van der Waals surface area contributed by atoms with Crippen molar-refractivity contribution in [3.8, 4) is 0 Å². The van der Waals surface area contributed by atoms with E-state index in [1.807, 2.05) is 0 Å². The van der Waals surface area contributed by atoms with Gasteiger partial charge in [-0.3, -0.25) is 0 Å². The van der Waals surface area contributed by atoms with Crippen LogP contribution in [0.15, 0.2) is 29.2 Å². The molecule has 0 unspecified atom stereocenters. The number of hydrogen-bond acceptors (Lipinski definition) is 4. The summed E-state index contributed by atoms with van der Waals surface area (Å²) in [5.74, 6) is 0. The van der Waals surface area contributed by atoms with Crippen molar-refractivity contribution in [2.45, 2.75) is 87.5 Å². The number of hydrogen-bond donors (Lipinski definition) is 0. The van der Waals surface area contributed by atoms with Crippen molar-refractivity contribution in [3.05, 3.63) is 29.8 Å². The predicted octanol–water partition coefficient (Wildman–Crippen LogP) is 5.66. The highest BCUT2D eigenvalue weighted by Crippen LogP contribution is 2.55. The van der Waals surface area contributed by atoms with Gasteiger partial charge in [-0.2, -0.15) is 0 Å². The van der Waals surface area contributed by atoms with Crippen LogP contribution in [-0.2, 0) is 13.6 Å². The lowest BCUT2D eigenvalue weighted by molar-refractivity contribution is -0.0585. The number of thioether (sulfide) groups is 1. The van der Waals surface area contributed by atoms with E-state index in [0.717, 1.165) is 6.42 Å². The normalized spacial score (nSPS) is 29.5. The molecule has 0 N–H and O–H groups in total. The zero-order chi connectivity index (χ0) is 18.5. The van der Waals surface area contributed by atoms with Crippen LogP contribution in [0.4, 0.5) is 0 Å². The first-order valence-corrected chi connectivity index (χ1v) is 11.9. The smallest absolute Gasteiger partial charge is 0.349 e. The molecule has 140 valence electrons. The topological polar surface area (TPSA) is 27.7 Å². The Morgan fingerprint density at radius 2 is 1.56 bits per heavy atom. The standard InChI is InChI=1S/C20H32O3SSi/c1-14-8-10-15(11-9-14)24-18-12-16-17(22-18)13-21-25(23-16,19(2,3)4)20(5,6)7/h8-11,16-18H,12-13H2,1-7H3/t16-,17+,18-/m0/s1. The van der Waals surface area contributed by atoms with E-state index in [9.17, 15) is 0 Å². The Bertz CT molecular complexity index is 589. The molecule has 0 aliphatic carbocycles. The lowest BCUT2D eigenvalue weighted by Crippen LogP contribution is -2.64. The average molecular weight is 381 g/mol. The second-order valence-corrected chi connectivity index (χ2v) is 15.3. The Balaban J connectivity index is 1.73. The lowest BCUT2D eigenvalue weighted by atomic mass is 10.2. The summed E-state index contributed by atoms with van der Waals surface area (Å²) < 4.78 is 19.6. The fourth-order valence-corrected chi connectivity index (χ4v) is 10.2. The second kappa shape index (κ2) is 6.68. The minimum absolute atomic E-state index is 0.0262. The monoisotopic (exact) mass is 380 g/mol.